The van der Waals surface area contributed by atoms with Crippen LogP contribution in [0, 0.1) is 5.41 Å². The lowest BCUT2D eigenvalue weighted by Crippen LogP contribution is -2.15. The van der Waals surface area contributed by atoms with Crippen molar-refractivity contribution in [3.05, 3.63) is 30.6 Å². The number of benzene rings is 1. The van der Waals surface area contributed by atoms with Gasteiger partial charge in [-0.2, -0.15) is 0 Å². The van der Waals surface area contributed by atoms with E-state index in [0.717, 1.165) is 15.9 Å². The zero-order valence-corrected chi connectivity index (χ0v) is 10.4. The summed E-state index contributed by atoms with van der Waals surface area (Å²) in [5.74, 6) is 0.211. The molecule has 1 atom stereocenters. The third-order valence-corrected chi connectivity index (χ3v) is 3.44. The summed E-state index contributed by atoms with van der Waals surface area (Å²) in [5, 5.41) is 9.53. The smallest absolute Gasteiger partial charge is 0.117 e. The van der Waals surface area contributed by atoms with Crippen molar-refractivity contribution in [3.63, 3.8) is 0 Å². The van der Waals surface area contributed by atoms with Gasteiger partial charge in [0, 0.05) is 17.1 Å². The topological polar surface area (TPSA) is 75.7 Å². The lowest BCUT2D eigenvalue weighted by molar-refractivity contribution is 0.986. The van der Waals surface area contributed by atoms with Gasteiger partial charge in [0.05, 0.1) is 11.4 Å². The fourth-order valence-corrected chi connectivity index (χ4v) is 2.67. The molecular formula is C12H14N4S. The van der Waals surface area contributed by atoms with Crippen molar-refractivity contribution in [2.75, 3.05) is 0 Å². The average molecular weight is 246 g/mol. The fraction of sp³-hybridized carbons (Fsp3) is 0.250. The SMILES string of the molecule is CC(CC(=N)N)Sc1ncnc2ccccc12. The zero-order valence-electron chi connectivity index (χ0n) is 9.55. The maximum absolute atomic E-state index is 7.29. The van der Waals surface area contributed by atoms with E-state index in [0.29, 0.717) is 6.42 Å². The molecule has 0 amide bonds. The summed E-state index contributed by atoms with van der Waals surface area (Å²) >= 11 is 1.63. The number of nitrogens with one attached hydrogen (secondary N) is 1. The first-order chi connectivity index (χ1) is 8.16. The number of thioether (sulfide) groups is 1. The molecule has 1 aromatic carbocycles. The highest BCUT2D eigenvalue weighted by Crippen LogP contribution is 2.28. The van der Waals surface area contributed by atoms with Crippen molar-refractivity contribution in [1.82, 2.24) is 9.97 Å². The van der Waals surface area contributed by atoms with Crippen LogP contribution in [-0.2, 0) is 0 Å². The minimum Gasteiger partial charge on any atom is -0.388 e. The van der Waals surface area contributed by atoms with E-state index in [1.807, 2.05) is 31.2 Å². The number of nitrogens with two attached hydrogens (primary N) is 1. The second kappa shape index (κ2) is 5.14. The maximum Gasteiger partial charge on any atom is 0.117 e. The largest absolute Gasteiger partial charge is 0.388 e. The highest BCUT2D eigenvalue weighted by atomic mass is 32.2. The van der Waals surface area contributed by atoms with Crippen LogP contribution in [0.4, 0.5) is 0 Å². The molecule has 0 aliphatic rings. The van der Waals surface area contributed by atoms with Crippen LogP contribution in [0.25, 0.3) is 10.9 Å². The second-order valence-corrected chi connectivity index (χ2v) is 5.28. The number of fused-ring (bicyclic) bond motifs is 1. The van der Waals surface area contributed by atoms with Gasteiger partial charge in [-0.1, -0.05) is 25.1 Å². The molecule has 0 radical (unpaired) electrons. The molecule has 0 aliphatic carbocycles. The normalized spacial score (nSPS) is 12.5. The van der Waals surface area contributed by atoms with Crippen LogP contribution in [-0.4, -0.2) is 21.1 Å². The maximum atomic E-state index is 7.29. The molecule has 0 bridgehead atoms. The Morgan fingerprint density at radius 1 is 1.41 bits per heavy atom. The number of amidine groups is 1. The van der Waals surface area contributed by atoms with Crippen LogP contribution in [0.5, 0.6) is 0 Å². The van der Waals surface area contributed by atoms with Gasteiger partial charge in [-0.05, 0) is 6.07 Å². The van der Waals surface area contributed by atoms with Crippen LogP contribution in [0.15, 0.2) is 35.6 Å². The average Bonchev–Trinajstić information content (AvgIpc) is 2.28. The van der Waals surface area contributed by atoms with Crippen molar-refractivity contribution in [3.8, 4) is 0 Å². The molecule has 5 heteroatoms. The Balaban J connectivity index is 2.26. The summed E-state index contributed by atoms with van der Waals surface area (Å²) in [5.41, 5.74) is 6.34. The van der Waals surface area contributed by atoms with E-state index in [1.165, 1.54) is 0 Å². The van der Waals surface area contributed by atoms with Gasteiger partial charge < -0.3 is 5.73 Å². The summed E-state index contributed by atoms with van der Waals surface area (Å²) in [6, 6.07) is 7.92. The number of hydrogen-bond acceptors (Lipinski definition) is 4. The molecule has 0 aliphatic heterocycles. The molecule has 0 spiro atoms. The third kappa shape index (κ3) is 2.94. The van der Waals surface area contributed by atoms with E-state index in [1.54, 1.807) is 18.1 Å². The van der Waals surface area contributed by atoms with Gasteiger partial charge in [0.25, 0.3) is 0 Å². The van der Waals surface area contributed by atoms with Gasteiger partial charge in [0.1, 0.15) is 11.4 Å². The van der Waals surface area contributed by atoms with Gasteiger partial charge in [0.15, 0.2) is 0 Å². The number of aromatic nitrogens is 2. The zero-order chi connectivity index (χ0) is 12.3. The van der Waals surface area contributed by atoms with E-state index in [2.05, 4.69) is 9.97 Å². The van der Waals surface area contributed by atoms with Crippen molar-refractivity contribution in [1.29, 1.82) is 5.41 Å². The van der Waals surface area contributed by atoms with Crippen molar-refractivity contribution >= 4 is 28.5 Å². The Morgan fingerprint density at radius 3 is 2.94 bits per heavy atom. The monoisotopic (exact) mass is 246 g/mol. The van der Waals surface area contributed by atoms with Gasteiger partial charge in [-0.25, -0.2) is 9.97 Å². The standard InChI is InChI=1S/C12H14N4S/c1-8(6-11(13)14)17-12-9-4-2-3-5-10(9)15-7-16-12/h2-5,7-8H,6H2,1H3,(H3,13,14). The quantitative estimate of drug-likeness (QED) is 0.376. The first-order valence-corrected chi connectivity index (χ1v) is 6.24. The molecule has 2 rings (SSSR count). The number of para-hydroxylation sites is 1. The van der Waals surface area contributed by atoms with E-state index < -0.39 is 0 Å². The Hall–Kier alpha value is -1.62. The Morgan fingerprint density at radius 2 is 2.18 bits per heavy atom. The minimum absolute atomic E-state index is 0.211. The van der Waals surface area contributed by atoms with Crippen LogP contribution < -0.4 is 5.73 Å². The van der Waals surface area contributed by atoms with Gasteiger partial charge in [-0.15, -0.1) is 11.8 Å². The van der Waals surface area contributed by atoms with Crippen molar-refractivity contribution in [2.45, 2.75) is 23.6 Å². The summed E-state index contributed by atoms with van der Waals surface area (Å²) in [4.78, 5) is 8.51. The molecular weight excluding hydrogens is 232 g/mol. The highest BCUT2D eigenvalue weighted by molar-refractivity contribution is 8.00. The molecule has 88 valence electrons. The Bertz CT molecular complexity index is 536. The fourth-order valence-electron chi connectivity index (χ4n) is 1.62. The van der Waals surface area contributed by atoms with Gasteiger partial charge >= 0.3 is 0 Å². The molecule has 0 saturated carbocycles. The number of hydrogen-bond donors (Lipinski definition) is 2. The molecule has 1 aromatic heterocycles. The Kier molecular flexibility index (Phi) is 3.58. The predicted octanol–water partition coefficient (Wildman–Crippen LogP) is 2.44. The van der Waals surface area contributed by atoms with Crippen LogP contribution in [0.2, 0.25) is 0 Å². The minimum atomic E-state index is 0.211. The number of rotatable bonds is 4. The third-order valence-electron chi connectivity index (χ3n) is 2.33. The molecule has 3 N–H and O–H groups in total. The summed E-state index contributed by atoms with van der Waals surface area (Å²) in [6.45, 7) is 2.04. The molecule has 0 fully saturated rings. The van der Waals surface area contributed by atoms with Crippen LogP contribution in [0.1, 0.15) is 13.3 Å². The van der Waals surface area contributed by atoms with Crippen molar-refractivity contribution < 1.29 is 0 Å². The lowest BCUT2D eigenvalue weighted by Gasteiger charge is -2.10. The van der Waals surface area contributed by atoms with Gasteiger partial charge in [0.2, 0.25) is 0 Å². The highest BCUT2D eigenvalue weighted by Gasteiger charge is 2.10. The number of nitrogens with zero attached hydrogens (tertiary/aromatic N) is 2. The predicted molar refractivity (Wildman–Crippen MR) is 71.4 cm³/mol. The molecule has 4 nitrogen and oxygen atoms in total. The summed E-state index contributed by atoms with van der Waals surface area (Å²) in [6.07, 6.45) is 2.15. The molecule has 2 aromatic rings. The van der Waals surface area contributed by atoms with Crippen LogP contribution >= 0.6 is 11.8 Å². The Labute approximate surface area is 104 Å². The van der Waals surface area contributed by atoms with E-state index in [4.69, 9.17) is 11.1 Å². The molecule has 0 saturated heterocycles. The summed E-state index contributed by atoms with van der Waals surface area (Å²) < 4.78 is 0. The summed E-state index contributed by atoms with van der Waals surface area (Å²) in [7, 11) is 0. The van der Waals surface area contributed by atoms with E-state index in [-0.39, 0.29) is 11.1 Å². The van der Waals surface area contributed by atoms with E-state index >= 15 is 0 Å². The molecule has 1 unspecified atom stereocenters. The first-order valence-electron chi connectivity index (χ1n) is 5.36. The molecule has 17 heavy (non-hydrogen) atoms. The molecule has 1 heterocycles. The lowest BCUT2D eigenvalue weighted by atomic mass is 10.2. The van der Waals surface area contributed by atoms with Gasteiger partial charge in [-0.3, -0.25) is 5.41 Å². The first kappa shape index (κ1) is 11.9. The van der Waals surface area contributed by atoms with E-state index in [9.17, 15) is 0 Å². The van der Waals surface area contributed by atoms with Crippen LogP contribution in [0.3, 0.4) is 0 Å². The van der Waals surface area contributed by atoms with Crippen molar-refractivity contribution in [2.24, 2.45) is 5.73 Å². The second-order valence-electron chi connectivity index (χ2n) is 3.85.